The number of aromatic nitrogens is 2. The highest BCUT2D eigenvalue weighted by molar-refractivity contribution is 5.55. The molecule has 2 aromatic carbocycles. The number of nitrogens with one attached hydrogen (secondary N) is 1. The van der Waals surface area contributed by atoms with Gasteiger partial charge in [-0.25, -0.2) is 4.98 Å². The fourth-order valence-electron chi connectivity index (χ4n) is 3.69. The molecule has 0 radical (unpaired) electrons. The van der Waals surface area contributed by atoms with Gasteiger partial charge in [0.25, 0.3) is 5.56 Å². The summed E-state index contributed by atoms with van der Waals surface area (Å²) in [5.74, 6) is 0.847. The molecule has 3 aromatic rings. The minimum Gasteiger partial charge on any atom is -0.487 e. The number of ether oxygens (including phenoxy) is 1. The van der Waals surface area contributed by atoms with Crippen LogP contribution >= 0.6 is 0 Å². The number of nitro groups is 1. The fourth-order valence-corrected chi connectivity index (χ4v) is 3.69. The second kappa shape index (κ2) is 8.46. The van der Waals surface area contributed by atoms with E-state index in [1.54, 1.807) is 19.1 Å². The quantitative estimate of drug-likeness (QED) is 0.498. The Morgan fingerprint density at radius 2 is 2.03 bits per heavy atom. The van der Waals surface area contributed by atoms with Gasteiger partial charge in [-0.05, 0) is 18.6 Å². The summed E-state index contributed by atoms with van der Waals surface area (Å²) in [5, 5.41) is 11.4. The van der Waals surface area contributed by atoms with Gasteiger partial charge in [0.1, 0.15) is 5.82 Å². The Kier molecular flexibility index (Phi) is 5.58. The van der Waals surface area contributed by atoms with Gasteiger partial charge in [0, 0.05) is 37.7 Å². The Morgan fingerprint density at radius 3 is 2.77 bits per heavy atom. The monoisotopic (exact) mass is 406 g/mol. The Morgan fingerprint density at radius 1 is 1.23 bits per heavy atom. The molecule has 0 unspecified atom stereocenters. The number of nitro benzene ring substituents is 1. The maximum atomic E-state index is 12.7. The molecule has 2 heterocycles. The van der Waals surface area contributed by atoms with Crippen molar-refractivity contribution in [1.29, 1.82) is 0 Å². The van der Waals surface area contributed by atoms with Gasteiger partial charge in [-0.15, -0.1) is 0 Å². The third-order valence-electron chi connectivity index (χ3n) is 5.12. The lowest BCUT2D eigenvalue weighted by atomic mass is 10.0. The second-order valence-corrected chi connectivity index (χ2v) is 7.16. The molecule has 1 aliphatic heterocycles. The molecule has 0 spiro atoms. The second-order valence-electron chi connectivity index (χ2n) is 7.16. The van der Waals surface area contributed by atoms with Crippen LogP contribution in [0.3, 0.4) is 0 Å². The van der Waals surface area contributed by atoms with Crippen LogP contribution in [0.1, 0.15) is 23.7 Å². The average molecular weight is 406 g/mol. The Balaban J connectivity index is 1.55. The van der Waals surface area contributed by atoms with E-state index >= 15 is 0 Å². The Hall–Kier alpha value is -3.52. The van der Waals surface area contributed by atoms with Crippen LogP contribution < -0.4 is 10.3 Å². The molecule has 0 fully saturated rings. The summed E-state index contributed by atoms with van der Waals surface area (Å²) in [4.78, 5) is 33.3. The van der Waals surface area contributed by atoms with Gasteiger partial charge in [0.15, 0.2) is 5.75 Å². The van der Waals surface area contributed by atoms with Gasteiger partial charge in [0.2, 0.25) is 0 Å². The third kappa shape index (κ3) is 4.08. The molecule has 30 heavy (non-hydrogen) atoms. The van der Waals surface area contributed by atoms with Crippen LogP contribution in [0.15, 0.2) is 53.3 Å². The highest BCUT2D eigenvalue weighted by atomic mass is 16.6. The molecule has 8 heteroatoms. The van der Waals surface area contributed by atoms with Crippen molar-refractivity contribution in [3.8, 4) is 17.1 Å². The smallest absolute Gasteiger partial charge is 0.311 e. The number of rotatable bonds is 6. The van der Waals surface area contributed by atoms with E-state index in [1.807, 2.05) is 36.4 Å². The zero-order chi connectivity index (χ0) is 21.1. The first kappa shape index (κ1) is 19.8. The van der Waals surface area contributed by atoms with E-state index < -0.39 is 4.92 Å². The van der Waals surface area contributed by atoms with Gasteiger partial charge in [-0.2, -0.15) is 0 Å². The van der Waals surface area contributed by atoms with Gasteiger partial charge < -0.3 is 9.72 Å². The number of aromatic amines is 1. The molecule has 0 amide bonds. The molecule has 1 aromatic heterocycles. The first-order chi connectivity index (χ1) is 14.5. The molecule has 4 rings (SSSR count). The largest absolute Gasteiger partial charge is 0.487 e. The summed E-state index contributed by atoms with van der Waals surface area (Å²) in [6.45, 7) is 3.83. The molecule has 0 atom stereocenters. The fraction of sp³-hybridized carbons (Fsp3) is 0.273. The number of hydrogen-bond acceptors (Lipinski definition) is 6. The Labute approximate surface area is 173 Å². The normalized spacial score (nSPS) is 13.6. The number of fused-ring (bicyclic) bond motifs is 1. The molecule has 1 aliphatic rings. The van der Waals surface area contributed by atoms with Crippen molar-refractivity contribution in [2.75, 3.05) is 13.2 Å². The molecule has 1 N–H and O–H groups in total. The molecule has 0 bridgehead atoms. The summed E-state index contributed by atoms with van der Waals surface area (Å²) < 4.78 is 5.34. The van der Waals surface area contributed by atoms with Gasteiger partial charge in [-0.1, -0.05) is 36.4 Å². The molecule has 154 valence electrons. The predicted octanol–water partition coefficient (Wildman–Crippen LogP) is 3.30. The number of nitrogens with zero attached hydrogens (tertiary/aromatic N) is 3. The molecular formula is C22H22N4O4. The summed E-state index contributed by atoms with van der Waals surface area (Å²) in [6, 6.07) is 14.6. The van der Waals surface area contributed by atoms with Crippen LogP contribution in [0.2, 0.25) is 0 Å². The van der Waals surface area contributed by atoms with Gasteiger partial charge >= 0.3 is 5.69 Å². The van der Waals surface area contributed by atoms with Crippen molar-refractivity contribution < 1.29 is 9.66 Å². The number of H-pyrrole nitrogens is 1. The lowest BCUT2D eigenvalue weighted by Gasteiger charge is -2.27. The predicted molar refractivity (Wildman–Crippen MR) is 112 cm³/mol. The van der Waals surface area contributed by atoms with Gasteiger partial charge in [-0.3, -0.25) is 19.8 Å². The van der Waals surface area contributed by atoms with E-state index in [0.717, 1.165) is 23.4 Å². The maximum absolute atomic E-state index is 12.7. The van der Waals surface area contributed by atoms with Crippen LogP contribution in [0.25, 0.3) is 11.4 Å². The van der Waals surface area contributed by atoms with Crippen LogP contribution in [-0.2, 0) is 19.5 Å². The lowest BCUT2D eigenvalue weighted by molar-refractivity contribution is -0.385. The van der Waals surface area contributed by atoms with Crippen LogP contribution in [-0.4, -0.2) is 32.9 Å². The first-order valence-corrected chi connectivity index (χ1v) is 9.85. The summed E-state index contributed by atoms with van der Waals surface area (Å²) in [7, 11) is 0. The van der Waals surface area contributed by atoms with Crippen LogP contribution in [0, 0.1) is 10.1 Å². The number of benzene rings is 2. The van der Waals surface area contributed by atoms with E-state index in [4.69, 9.17) is 4.74 Å². The molecule has 0 saturated heterocycles. The molecule has 0 aliphatic carbocycles. The summed E-state index contributed by atoms with van der Waals surface area (Å²) >= 11 is 0. The van der Waals surface area contributed by atoms with Crippen molar-refractivity contribution in [2.45, 2.75) is 26.4 Å². The topological polar surface area (TPSA) is 101 Å². The van der Waals surface area contributed by atoms with Crippen LogP contribution in [0.4, 0.5) is 5.69 Å². The van der Waals surface area contributed by atoms with Crippen molar-refractivity contribution in [2.24, 2.45) is 0 Å². The average Bonchev–Trinajstić information content (AvgIpc) is 2.76. The summed E-state index contributed by atoms with van der Waals surface area (Å²) in [6.07, 6.45) is 0.651. The van der Waals surface area contributed by atoms with Crippen molar-refractivity contribution >= 4 is 5.69 Å². The minimum atomic E-state index is -0.431. The third-order valence-corrected chi connectivity index (χ3v) is 5.12. The molecule has 8 nitrogen and oxygen atoms in total. The summed E-state index contributed by atoms with van der Waals surface area (Å²) in [5.41, 5.74) is 2.97. The highest BCUT2D eigenvalue weighted by Crippen LogP contribution is 2.29. The van der Waals surface area contributed by atoms with E-state index in [2.05, 4.69) is 14.9 Å². The van der Waals surface area contributed by atoms with E-state index in [9.17, 15) is 14.9 Å². The maximum Gasteiger partial charge on any atom is 0.311 e. The SMILES string of the molecule is CCOc1ccc(CN2CCc3nc(-c4ccccc4)[nH]c(=O)c3C2)cc1[N+](=O)[O-]. The first-order valence-electron chi connectivity index (χ1n) is 9.85. The van der Waals surface area contributed by atoms with Gasteiger partial charge in [0.05, 0.1) is 22.8 Å². The zero-order valence-corrected chi connectivity index (χ0v) is 16.6. The standard InChI is InChI=1S/C22H22N4O4/c1-2-30-20-9-8-15(12-19(20)26(28)29)13-25-11-10-18-17(14-25)22(27)24-21(23-18)16-6-4-3-5-7-16/h3-9,12H,2,10-11,13-14H2,1H3,(H,23,24,27). The van der Waals surface area contributed by atoms with E-state index in [0.29, 0.717) is 37.5 Å². The van der Waals surface area contributed by atoms with E-state index in [-0.39, 0.29) is 17.0 Å². The van der Waals surface area contributed by atoms with Crippen LogP contribution in [0.5, 0.6) is 5.75 Å². The zero-order valence-electron chi connectivity index (χ0n) is 16.6. The molecular weight excluding hydrogens is 384 g/mol. The Bertz CT molecular complexity index is 1130. The number of hydrogen-bond donors (Lipinski definition) is 1. The molecule has 0 saturated carbocycles. The lowest BCUT2D eigenvalue weighted by Crippen LogP contribution is -2.35. The van der Waals surface area contributed by atoms with Crippen molar-refractivity contribution in [1.82, 2.24) is 14.9 Å². The minimum absolute atomic E-state index is 0.0428. The van der Waals surface area contributed by atoms with Crippen molar-refractivity contribution in [3.05, 3.63) is 85.8 Å². The van der Waals surface area contributed by atoms with E-state index in [1.165, 1.54) is 0 Å². The highest BCUT2D eigenvalue weighted by Gasteiger charge is 2.23. The van der Waals surface area contributed by atoms with Crippen molar-refractivity contribution in [3.63, 3.8) is 0 Å².